The number of nitrogens with zero attached hydrogens (tertiary/aromatic N) is 2. The number of hydrogen-bond donors (Lipinski definition) is 0. The minimum absolute atomic E-state index is 0.0351. The Morgan fingerprint density at radius 1 is 1.06 bits per heavy atom. The number of likely N-dealkylation sites (tertiary alicyclic amines) is 2. The summed E-state index contributed by atoms with van der Waals surface area (Å²) in [6, 6.07) is 0. The average molecular weight is 238 g/mol. The van der Waals surface area contributed by atoms with Gasteiger partial charge in [0, 0.05) is 32.1 Å². The zero-order chi connectivity index (χ0) is 12.4. The Hall–Kier alpha value is -1.06. The van der Waals surface area contributed by atoms with Crippen molar-refractivity contribution in [2.45, 2.75) is 33.1 Å². The molecular weight excluding hydrogens is 216 g/mol. The molecule has 2 rings (SSSR count). The zero-order valence-electron chi connectivity index (χ0n) is 10.8. The van der Waals surface area contributed by atoms with Crippen molar-refractivity contribution >= 4 is 11.8 Å². The standard InChI is InChI=1S/C13H22N2O2/c1-10(2)12(16)15-6-3-5-11(9-15)13(17)14-7-4-8-14/h10-11H,3-9H2,1-2H3. The molecule has 0 aromatic carbocycles. The van der Waals surface area contributed by atoms with E-state index in [1.165, 1.54) is 0 Å². The molecule has 0 aromatic heterocycles. The second kappa shape index (κ2) is 5.07. The van der Waals surface area contributed by atoms with Gasteiger partial charge in [0.05, 0.1) is 5.92 Å². The van der Waals surface area contributed by atoms with Crippen LogP contribution in [0.25, 0.3) is 0 Å². The summed E-state index contributed by atoms with van der Waals surface area (Å²) in [6.45, 7) is 7.11. The van der Waals surface area contributed by atoms with Crippen molar-refractivity contribution < 1.29 is 9.59 Å². The van der Waals surface area contributed by atoms with Crippen LogP contribution in [-0.4, -0.2) is 47.8 Å². The van der Waals surface area contributed by atoms with Gasteiger partial charge in [-0.15, -0.1) is 0 Å². The molecule has 96 valence electrons. The molecule has 4 nitrogen and oxygen atoms in total. The first-order valence-electron chi connectivity index (χ1n) is 6.67. The monoisotopic (exact) mass is 238 g/mol. The molecule has 2 amide bonds. The molecule has 17 heavy (non-hydrogen) atoms. The van der Waals surface area contributed by atoms with E-state index in [-0.39, 0.29) is 23.7 Å². The molecule has 1 atom stereocenters. The molecule has 2 heterocycles. The Morgan fingerprint density at radius 2 is 1.71 bits per heavy atom. The highest BCUT2D eigenvalue weighted by Crippen LogP contribution is 2.22. The highest BCUT2D eigenvalue weighted by molar-refractivity contribution is 5.82. The third-order valence-electron chi connectivity index (χ3n) is 3.74. The zero-order valence-corrected chi connectivity index (χ0v) is 10.8. The van der Waals surface area contributed by atoms with Crippen LogP contribution in [0.5, 0.6) is 0 Å². The molecule has 0 spiro atoms. The van der Waals surface area contributed by atoms with E-state index in [4.69, 9.17) is 0 Å². The smallest absolute Gasteiger partial charge is 0.227 e. The Labute approximate surface area is 103 Å². The fourth-order valence-corrected chi connectivity index (χ4v) is 2.54. The summed E-state index contributed by atoms with van der Waals surface area (Å²) in [7, 11) is 0. The summed E-state index contributed by atoms with van der Waals surface area (Å²) < 4.78 is 0. The second-order valence-electron chi connectivity index (χ2n) is 5.46. The summed E-state index contributed by atoms with van der Waals surface area (Å²) in [5, 5.41) is 0. The molecule has 0 radical (unpaired) electrons. The maximum atomic E-state index is 12.1. The molecule has 2 aliphatic rings. The minimum Gasteiger partial charge on any atom is -0.342 e. The lowest BCUT2D eigenvalue weighted by Crippen LogP contribution is -2.51. The first-order chi connectivity index (χ1) is 8.09. The number of rotatable bonds is 2. The molecule has 4 heteroatoms. The largest absolute Gasteiger partial charge is 0.342 e. The molecule has 2 saturated heterocycles. The van der Waals surface area contributed by atoms with Crippen LogP contribution in [-0.2, 0) is 9.59 Å². The van der Waals surface area contributed by atoms with Crippen LogP contribution in [0.1, 0.15) is 33.1 Å². The van der Waals surface area contributed by atoms with Gasteiger partial charge in [-0.05, 0) is 19.3 Å². The van der Waals surface area contributed by atoms with E-state index in [9.17, 15) is 9.59 Å². The van der Waals surface area contributed by atoms with Gasteiger partial charge in [0.15, 0.2) is 0 Å². The van der Waals surface area contributed by atoms with Crippen molar-refractivity contribution in [3.8, 4) is 0 Å². The van der Waals surface area contributed by atoms with E-state index in [1.807, 2.05) is 23.6 Å². The third-order valence-corrected chi connectivity index (χ3v) is 3.74. The Morgan fingerprint density at radius 3 is 2.24 bits per heavy atom. The quantitative estimate of drug-likeness (QED) is 0.723. The molecule has 0 bridgehead atoms. The van der Waals surface area contributed by atoms with Crippen molar-refractivity contribution in [1.29, 1.82) is 0 Å². The summed E-state index contributed by atoms with van der Waals surface area (Å²) in [5.41, 5.74) is 0. The van der Waals surface area contributed by atoms with Crippen LogP contribution in [0.2, 0.25) is 0 Å². The van der Waals surface area contributed by atoms with Crippen molar-refractivity contribution in [1.82, 2.24) is 9.80 Å². The van der Waals surface area contributed by atoms with Crippen LogP contribution in [0.3, 0.4) is 0 Å². The van der Waals surface area contributed by atoms with Gasteiger partial charge >= 0.3 is 0 Å². The summed E-state index contributed by atoms with van der Waals surface area (Å²) in [5.74, 6) is 0.531. The third kappa shape index (κ3) is 2.61. The van der Waals surface area contributed by atoms with Gasteiger partial charge in [-0.1, -0.05) is 13.8 Å². The van der Waals surface area contributed by atoms with Gasteiger partial charge in [0.1, 0.15) is 0 Å². The lowest BCUT2D eigenvalue weighted by molar-refractivity contribution is -0.144. The first-order valence-corrected chi connectivity index (χ1v) is 6.67. The highest BCUT2D eigenvalue weighted by Gasteiger charge is 2.33. The molecule has 2 fully saturated rings. The van der Waals surface area contributed by atoms with Gasteiger partial charge in [0.2, 0.25) is 11.8 Å². The number of carbonyl (C=O) groups is 2. The van der Waals surface area contributed by atoms with Crippen molar-refractivity contribution in [3.05, 3.63) is 0 Å². The minimum atomic E-state index is 0.0351. The maximum absolute atomic E-state index is 12.1. The number of piperidine rings is 1. The topological polar surface area (TPSA) is 40.6 Å². The SMILES string of the molecule is CC(C)C(=O)N1CCCC(C(=O)N2CCC2)C1. The van der Waals surface area contributed by atoms with Gasteiger partial charge in [0.25, 0.3) is 0 Å². The first kappa shape index (κ1) is 12.4. The number of carbonyl (C=O) groups excluding carboxylic acids is 2. The van der Waals surface area contributed by atoms with Crippen LogP contribution in [0.4, 0.5) is 0 Å². The molecule has 0 aromatic rings. The lowest BCUT2D eigenvalue weighted by Gasteiger charge is -2.38. The molecular formula is C13H22N2O2. The Bertz CT molecular complexity index is 311. The van der Waals surface area contributed by atoms with Crippen LogP contribution in [0.15, 0.2) is 0 Å². The summed E-state index contributed by atoms with van der Waals surface area (Å²) in [4.78, 5) is 27.8. The Balaban J connectivity index is 1.92. The van der Waals surface area contributed by atoms with Crippen molar-refractivity contribution in [2.24, 2.45) is 11.8 Å². The normalized spacial score (nSPS) is 24.8. The van der Waals surface area contributed by atoms with E-state index in [1.54, 1.807) is 0 Å². The molecule has 2 aliphatic heterocycles. The van der Waals surface area contributed by atoms with Gasteiger partial charge in [-0.25, -0.2) is 0 Å². The predicted octanol–water partition coefficient (Wildman–Crippen LogP) is 1.11. The van der Waals surface area contributed by atoms with E-state index < -0.39 is 0 Å². The number of hydrogen-bond acceptors (Lipinski definition) is 2. The second-order valence-corrected chi connectivity index (χ2v) is 5.46. The van der Waals surface area contributed by atoms with Crippen LogP contribution < -0.4 is 0 Å². The predicted molar refractivity (Wildman–Crippen MR) is 65.3 cm³/mol. The van der Waals surface area contributed by atoms with E-state index >= 15 is 0 Å². The summed E-state index contributed by atoms with van der Waals surface area (Å²) >= 11 is 0. The highest BCUT2D eigenvalue weighted by atomic mass is 16.2. The fraction of sp³-hybridized carbons (Fsp3) is 0.846. The maximum Gasteiger partial charge on any atom is 0.227 e. The van der Waals surface area contributed by atoms with E-state index in [2.05, 4.69) is 0 Å². The number of amides is 2. The average Bonchev–Trinajstić information content (AvgIpc) is 2.25. The molecule has 0 N–H and O–H groups in total. The van der Waals surface area contributed by atoms with E-state index in [0.717, 1.165) is 38.9 Å². The Kier molecular flexibility index (Phi) is 3.69. The lowest BCUT2D eigenvalue weighted by atomic mass is 9.94. The van der Waals surface area contributed by atoms with Crippen molar-refractivity contribution in [3.63, 3.8) is 0 Å². The fourth-order valence-electron chi connectivity index (χ4n) is 2.54. The summed E-state index contributed by atoms with van der Waals surface area (Å²) in [6.07, 6.45) is 3.03. The van der Waals surface area contributed by atoms with Crippen LogP contribution in [0, 0.1) is 11.8 Å². The van der Waals surface area contributed by atoms with Crippen LogP contribution >= 0.6 is 0 Å². The van der Waals surface area contributed by atoms with Gasteiger partial charge in [-0.3, -0.25) is 9.59 Å². The van der Waals surface area contributed by atoms with Gasteiger partial charge < -0.3 is 9.80 Å². The van der Waals surface area contributed by atoms with Gasteiger partial charge in [-0.2, -0.15) is 0 Å². The molecule has 0 aliphatic carbocycles. The van der Waals surface area contributed by atoms with E-state index in [0.29, 0.717) is 6.54 Å². The molecule has 1 unspecified atom stereocenters. The molecule has 0 saturated carbocycles. The van der Waals surface area contributed by atoms with Crippen molar-refractivity contribution in [2.75, 3.05) is 26.2 Å².